The topological polar surface area (TPSA) is 56.6 Å². The summed E-state index contributed by atoms with van der Waals surface area (Å²) in [5.41, 5.74) is 0. The van der Waals surface area contributed by atoms with Crippen LogP contribution >= 0.6 is 0 Å². The highest BCUT2D eigenvalue weighted by atomic mass is 16.5. The van der Waals surface area contributed by atoms with Crippen molar-refractivity contribution in [2.24, 2.45) is 0 Å². The van der Waals surface area contributed by atoms with Crippen LogP contribution in [-0.2, 0) is 4.79 Å². The van der Waals surface area contributed by atoms with Crippen molar-refractivity contribution in [3.63, 3.8) is 0 Å². The maximum absolute atomic E-state index is 11.9. The number of hydrogen-bond acceptors (Lipinski definition) is 4. The van der Waals surface area contributed by atoms with Crippen molar-refractivity contribution in [3.8, 4) is 11.9 Å². The Labute approximate surface area is 106 Å². The Morgan fingerprint density at radius 1 is 1.22 bits per heavy atom. The molecule has 0 unspecified atom stereocenters. The SMILES string of the molecule is N#CN1CCN(C(=O)COc2ccccc2)CC1. The highest BCUT2D eigenvalue weighted by Gasteiger charge is 2.20. The molecule has 0 saturated carbocycles. The zero-order valence-electron chi connectivity index (χ0n) is 10.1. The van der Waals surface area contributed by atoms with Gasteiger partial charge in [-0.2, -0.15) is 5.26 Å². The number of carbonyl (C=O) groups is 1. The molecule has 94 valence electrons. The standard InChI is InChI=1S/C13H15N3O2/c14-11-15-6-8-16(9-7-15)13(17)10-18-12-4-2-1-3-5-12/h1-5H,6-10H2. The molecule has 0 bridgehead atoms. The molecule has 1 saturated heterocycles. The van der Waals surface area contributed by atoms with Gasteiger partial charge in [-0.15, -0.1) is 0 Å². The molecule has 1 amide bonds. The zero-order chi connectivity index (χ0) is 12.8. The van der Waals surface area contributed by atoms with E-state index in [0.717, 1.165) is 0 Å². The number of nitriles is 1. The molecule has 1 aliphatic rings. The van der Waals surface area contributed by atoms with Gasteiger partial charge in [-0.3, -0.25) is 4.79 Å². The van der Waals surface area contributed by atoms with E-state index < -0.39 is 0 Å². The molecule has 0 radical (unpaired) electrons. The monoisotopic (exact) mass is 245 g/mol. The molecule has 5 heteroatoms. The van der Waals surface area contributed by atoms with Gasteiger partial charge in [0.2, 0.25) is 0 Å². The Balaban J connectivity index is 1.78. The van der Waals surface area contributed by atoms with E-state index in [-0.39, 0.29) is 12.5 Å². The minimum atomic E-state index is -0.0311. The quantitative estimate of drug-likeness (QED) is 0.735. The molecule has 1 aromatic rings. The number of amides is 1. The van der Waals surface area contributed by atoms with Crippen LogP contribution in [0.3, 0.4) is 0 Å². The lowest BCUT2D eigenvalue weighted by Crippen LogP contribution is -2.48. The second kappa shape index (κ2) is 5.92. The second-order valence-electron chi connectivity index (χ2n) is 4.07. The molecule has 0 aliphatic carbocycles. The number of piperazine rings is 1. The van der Waals surface area contributed by atoms with E-state index in [2.05, 4.69) is 6.19 Å². The van der Waals surface area contributed by atoms with Crippen molar-refractivity contribution < 1.29 is 9.53 Å². The van der Waals surface area contributed by atoms with Crippen LogP contribution in [0.4, 0.5) is 0 Å². The largest absolute Gasteiger partial charge is 0.484 e. The first-order chi connectivity index (χ1) is 8.79. The fourth-order valence-corrected chi connectivity index (χ4v) is 1.81. The van der Waals surface area contributed by atoms with E-state index in [9.17, 15) is 4.79 Å². The number of nitrogens with zero attached hydrogens (tertiary/aromatic N) is 3. The van der Waals surface area contributed by atoms with Gasteiger partial charge in [0, 0.05) is 26.2 Å². The van der Waals surface area contributed by atoms with E-state index in [1.165, 1.54) is 0 Å². The summed E-state index contributed by atoms with van der Waals surface area (Å²) >= 11 is 0. The summed E-state index contributed by atoms with van der Waals surface area (Å²) in [6, 6.07) is 9.27. The minimum Gasteiger partial charge on any atom is -0.484 e. The molecule has 0 spiro atoms. The summed E-state index contributed by atoms with van der Waals surface area (Å²) in [7, 11) is 0. The summed E-state index contributed by atoms with van der Waals surface area (Å²) < 4.78 is 5.40. The van der Waals surface area contributed by atoms with Crippen molar-refractivity contribution in [1.82, 2.24) is 9.80 Å². The second-order valence-corrected chi connectivity index (χ2v) is 4.07. The van der Waals surface area contributed by atoms with E-state index in [1.54, 1.807) is 9.80 Å². The Kier molecular flexibility index (Phi) is 4.02. The van der Waals surface area contributed by atoms with Crippen LogP contribution in [0.2, 0.25) is 0 Å². The van der Waals surface area contributed by atoms with Crippen molar-refractivity contribution >= 4 is 5.91 Å². The number of para-hydroxylation sites is 1. The van der Waals surface area contributed by atoms with Crippen LogP contribution < -0.4 is 4.74 Å². The Bertz CT molecular complexity index is 433. The summed E-state index contributed by atoms with van der Waals surface area (Å²) in [4.78, 5) is 15.3. The first-order valence-electron chi connectivity index (χ1n) is 5.90. The predicted molar refractivity (Wildman–Crippen MR) is 65.7 cm³/mol. The molecule has 2 rings (SSSR count). The van der Waals surface area contributed by atoms with Gasteiger partial charge in [-0.1, -0.05) is 18.2 Å². The Hall–Kier alpha value is -2.22. The van der Waals surface area contributed by atoms with Crippen LogP contribution in [-0.4, -0.2) is 48.5 Å². The number of benzene rings is 1. The van der Waals surface area contributed by atoms with Crippen LogP contribution in [0.15, 0.2) is 30.3 Å². The van der Waals surface area contributed by atoms with Crippen molar-refractivity contribution in [3.05, 3.63) is 30.3 Å². The molecule has 5 nitrogen and oxygen atoms in total. The van der Waals surface area contributed by atoms with E-state index >= 15 is 0 Å². The normalized spacial score (nSPS) is 15.1. The Morgan fingerprint density at radius 2 is 1.89 bits per heavy atom. The average molecular weight is 245 g/mol. The van der Waals surface area contributed by atoms with Gasteiger partial charge < -0.3 is 14.5 Å². The van der Waals surface area contributed by atoms with Crippen LogP contribution in [0.5, 0.6) is 5.75 Å². The maximum atomic E-state index is 11.9. The fourth-order valence-electron chi connectivity index (χ4n) is 1.81. The number of carbonyl (C=O) groups excluding carboxylic acids is 1. The van der Waals surface area contributed by atoms with Crippen molar-refractivity contribution in [2.75, 3.05) is 32.8 Å². The van der Waals surface area contributed by atoms with Crippen molar-refractivity contribution in [2.45, 2.75) is 0 Å². The lowest BCUT2D eigenvalue weighted by atomic mass is 10.3. The van der Waals surface area contributed by atoms with E-state index in [0.29, 0.717) is 31.9 Å². The molecular formula is C13H15N3O2. The third-order valence-electron chi connectivity index (χ3n) is 2.88. The highest BCUT2D eigenvalue weighted by Crippen LogP contribution is 2.09. The van der Waals surface area contributed by atoms with Gasteiger partial charge in [0.05, 0.1) is 0 Å². The lowest BCUT2D eigenvalue weighted by molar-refractivity contribution is -0.134. The summed E-state index contributed by atoms with van der Waals surface area (Å²) in [5, 5.41) is 8.72. The molecule has 1 aliphatic heterocycles. The number of ether oxygens (including phenoxy) is 1. The van der Waals surface area contributed by atoms with Crippen LogP contribution in [0.25, 0.3) is 0 Å². The lowest BCUT2D eigenvalue weighted by Gasteiger charge is -2.31. The molecule has 1 aromatic carbocycles. The molecule has 0 aromatic heterocycles. The maximum Gasteiger partial charge on any atom is 0.260 e. The van der Waals surface area contributed by atoms with Crippen LogP contribution in [0, 0.1) is 11.5 Å². The smallest absolute Gasteiger partial charge is 0.260 e. The summed E-state index contributed by atoms with van der Waals surface area (Å²) in [6.45, 7) is 2.44. The number of hydrogen-bond donors (Lipinski definition) is 0. The number of rotatable bonds is 3. The third-order valence-corrected chi connectivity index (χ3v) is 2.88. The first kappa shape index (κ1) is 12.2. The Morgan fingerprint density at radius 3 is 2.50 bits per heavy atom. The third kappa shape index (κ3) is 3.14. The van der Waals surface area contributed by atoms with Crippen molar-refractivity contribution in [1.29, 1.82) is 5.26 Å². The van der Waals surface area contributed by atoms with Gasteiger partial charge >= 0.3 is 0 Å². The molecule has 0 atom stereocenters. The fraction of sp³-hybridized carbons (Fsp3) is 0.385. The molecule has 1 heterocycles. The zero-order valence-corrected chi connectivity index (χ0v) is 10.1. The van der Waals surface area contributed by atoms with E-state index in [4.69, 9.17) is 10.00 Å². The first-order valence-corrected chi connectivity index (χ1v) is 5.90. The van der Waals surface area contributed by atoms with Gasteiger partial charge in [-0.25, -0.2) is 0 Å². The van der Waals surface area contributed by atoms with Gasteiger partial charge in [0.25, 0.3) is 5.91 Å². The van der Waals surface area contributed by atoms with Gasteiger partial charge in [0.15, 0.2) is 12.8 Å². The predicted octanol–water partition coefficient (Wildman–Crippen LogP) is 0.691. The molecule has 0 N–H and O–H groups in total. The summed E-state index contributed by atoms with van der Waals surface area (Å²) in [6.07, 6.45) is 2.09. The molecule has 1 fully saturated rings. The molecule has 18 heavy (non-hydrogen) atoms. The highest BCUT2D eigenvalue weighted by molar-refractivity contribution is 5.77. The van der Waals surface area contributed by atoms with E-state index in [1.807, 2.05) is 30.3 Å². The summed E-state index contributed by atoms with van der Waals surface area (Å²) in [5.74, 6) is 0.665. The van der Waals surface area contributed by atoms with Crippen LogP contribution in [0.1, 0.15) is 0 Å². The van der Waals surface area contributed by atoms with Gasteiger partial charge in [0.1, 0.15) is 5.75 Å². The molecular weight excluding hydrogens is 230 g/mol. The van der Waals surface area contributed by atoms with Gasteiger partial charge in [-0.05, 0) is 12.1 Å². The average Bonchev–Trinajstić information content (AvgIpc) is 2.46. The minimum absolute atomic E-state index is 0.0311.